The van der Waals surface area contributed by atoms with Crippen LogP contribution in [0.25, 0.3) is 10.6 Å². The zero-order chi connectivity index (χ0) is 16.2. The highest BCUT2D eigenvalue weighted by Gasteiger charge is 2.12. The molecule has 3 rings (SSSR count). The fourth-order valence-corrected chi connectivity index (χ4v) is 4.38. The molecule has 0 spiro atoms. The van der Waals surface area contributed by atoms with Crippen molar-refractivity contribution >= 4 is 28.6 Å². The molecule has 0 aliphatic carbocycles. The Balaban J connectivity index is 1.77. The molecular formula is C18H18N2OS2. The van der Waals surface area contributed by atoms with Crippen molar-refractivity contribution in [2.24, 2.45) is 0 Å². The summed E-state index contributed by atoms with van der Waals surface area (Å²) >= 11 is 3.45. The highest BCUT2D eigenvalue weighted by Crippen LogP contribution is 2.33. The summed E-state index contributed by atoms with van der Waals surface area (Å²) in [6, 6.07) is 14.6. The monoisotopic (exact) mass is 342 g/mol. The summed E-state index contributed by atoms with van der Waals surface area (Å²) in [6.07, 6.45) is 0.871. The average molecular weight is 342 g/mol. The van der Waals surface area contributed by atoms with Crippen molar-refractivity contribution in [1.82, 2.24) is 10.3 Å². The van der Waals surface area contributed by atoms with Crippen LogP contribution in [0.1, 0.15) is 27.2 Å². The first-order chi connectivity index (χ1) is 11.1. The maximum atomic E-state index is 11.0. The Hall–Kier alpha value is -1.98. The Morgan fingerprint density at radius 1 is 1.13 bits per heavy atom. The Bertz CT molecular complexity index is 806. The summed E-state index contributed by atoms with van der Waals surface area (Å²) in [5.41, 5.74) is 2.35. The van der Waals surface area contributed by atoms with Crippen LogP contribution in [0.5, 0.6) is 0 Å². The third-order valence-corrected chi connectivity index (χ3v) is 5.51. The number of amides is 1. The van der Waals surface area contributed by atoms with E-state index in [1.165, 1.54) is 22.2 Å². The number of hydrogen-bond donors (Lipinski definition) is 1. The molecule has 1 aromatic carbocycles. The summed E-state index contributed by atoms with van der Waals surface area (Å²) in [5, 5.41) is 3.97. The van der Waals surface area contributed by atoms with Crippen LogP contribution in [0.3, 0.4) is 0 Å². The largest absolute Gasteiger partial charge is 0.351 e. The van der Waals surface area contributed by atoms with Crippen LogP contribution >= 0.6 is 22.7 Å². The topological polar surface area (TPSA) is 42.0 Å². The fourth-order valence-electron chi connectivity index (χ4n) is 2.34. The van der Waals surface area contributed by atoms with E-state index in [-0.39, 0.29) is 5.91 Å². The molecule has 5 heteroatoms. The minimum absolute atomic E-state index is 0.00469. The lowest BCUT2D eigenvalue weighted by Crippen LogP contribution is -2.17. The molecule has 2 aromatic heterocycles. The van der Waals surface area contributed by atoms with Gasteiger partial charge in [-0.05, 0) is 24.6 Å². The number of thiophene rings is 1. The van der Waals surface area contributed by atoms with Gasteiger partial charge in [0.05, 0.1) is 22.1 Å². The van der Waals surface area contributed by atoms with Gasteiger partial charge in [-0.25, -0.2) is 4.98 Å². The molecule has 3 nitrogen and oxygen atoms in total. The van der Waals surface area contributed by atoms with Gasteiger partial charge in [-0.2, -0.15) is 0 Å². The van der Waals surface area contributed by atoms with Crippen molar-refractivity contribution < 1.29 is 4.79 Å². The predicted octanol–water partition coefficient (Wildman–Crippen LogP) is 4.41. The van der Waals surface area contributed by atoms with Crippen LogP contribution in [-0.4, -0.2) is 10.9 Å². The molecule has 0 aliphatic heterocycles. The molecule has 23 heavy (non-hydrogen) atoms. The first kappa shape index (κ1) is 15.9. The number of aryl methyl sites for hydroxylation is 1. The quantitative estimate of drug-likeness (QED) is 0.746. The molecule has 2 heterocycles. The number of carbonyl (C=O) groups excluding carboxylic acids is 1. The van der Waals surface area contributed by atoms with Crippen molar-refractivity contribution in [2.45, 2.75) is 26.8 Å². The molecule has 118 valence electrons. The lowest BCUT2D eigenvalue weighted by atomic mass is 10.2. The third kappa shape index (κ3) is 4.06. The first-order valence-corrected chi connectivity index (χ1v) is 9.09. The third-order valence-electron chi connectivity index (χ3n) is 3.45. The van der Waals surface area contributed by atoms with Crippen LogP contribution in [0.4, 0.5) is 0 Å². The minimum atomic E-state index is -0.00469. The first-order valence-electron chi connectivity index (χ1n) is 7.45. The maximum absolute atomic E-state index is 11.0. The van der Waals surface area contributed by atoms with E-state index in [0.717, 1.165) is 22.0 Å². The zero-order valence-corrected chi connectivity index (χ0v) is 14.8. The van der Waals surface area contributed by atoms with Crippen molar-refractivity contribution in [3.63, 3.8) is 0 Å². The van der Waals surface area contributed by atoms with E-state index in [1.54, 1.807) is 22.7 Å². The van der Waals surface area contributed by atoms with Gasteiger partial charge in [-0.1, -0.05) is 30.3 Å². The van der Waals surface area contributed by atoms with Gasteiger partial charge in [0.1, 0.15) is 0 Å². The number of nitrogens with one attached hydrogen (secondary N) is 1. The van der Waals surface area contributed by atoms with Crippen LogP contribution in [0, 0.1) is 6.92 Å². The number of thiazole rings is 1. The second kappa shape index (κ2) is 7.06. The van der Waals surface area contributed by atoms with Gasteiger partial charge < -0.3 is 5.32 Å². The Morgan fingerprint density at radius 2 is 1.91 bits per heavy atom. The molecule has 0 atom stereocenters. The van der Waals surface area contributed by atoms with Gasteiger partial charge in [-0.3, -0.25) is 4.79 Å². The smallest absolute Gasteiger partial charge is 0.217 e. The lowest BCUT2D eigenvalue weighted by molar-refractivity contribution is -0.119. The molecule has 0 radical (unpaired) electrons. The highest BCUT2D eigenvalue weighted by molar-refractivity contribution is 7.16. The van der Waals surface area contributed by atoms with Crippen molar-refractivity contribution in [1.29, 1.82) is 0 Å². The van der Waals surface area contributed by atoms with E-state index in [1.807, 2.05) is 6.07 Å². The summed E-state index contributed by atoms with van der Waals surface area (Å²) < 4.78 is 0. The molecule has 1 N–H and O–H groups in total. The standard InChI is InChI=1S/C18H18N2OS2/c1-12-18(16-9-8-15(23-16)11-19-13(2)21)20-17(22-12)10-14-6-4-3-5-7-14/h3-9H,10-11H2,1-2H3,(H,19,21). The van der Waals surface area contributed by atoms with Gasteiger partial charge in [-0.15, -0.1) is 22.7 Å². The van der Waals surface area contributed by atoms with E-state index >= 15 is 0 Å². The maximum Gasteiger partial charge on any atom is 0.217 e. The minimum Gasteiger partial charge on any atom is -0.351 e. The normalized spacial score (nSPS) is 10.7. The van der Waals surface area contributed by atoms with Crippen LogP contribution in [-0.2, 0) is 17.8 Å². The SMILES string of the molecule is CC(=O)NCc1ccc(-c2nc(Cc3ccccc3)sc2C)s1. The van der Waals surface area contributed by atoms with Crippen LogP contribution in [0.2, 0.25) is 0 Å². The number of aromatic nitrogens is 1. The molecule has 3 aromatic rings. The van der Waals surface area contributed by atoms with Gasteiger partial charge in [0, 0.05) is 23.1 Å². The van der Waals surface area contributed by atoms with E-state index in [2.05, 4.69) is 48.6 Å². The van der Waals surface area contributed by atoms with Crippen molar-refractivity contribution in [2.75, 3.05) is 0 Å². The van der Waals surface area contributed by atoms with Crippen molar-refractivity contribution in [3.05, 3.63) is 62.8 Å². The number of benzene rings is 1. The number of hydrogen-bond acceptors (Lipinski definition) is 4. The summed E-state index contributed by atoms with van der Waals surface area (Å²) in [5.74, 6) is -0.00469. The number of nitrogens with zero attached hydrogens (tertiary/aromatic N) is 1. The number of rotatable bonds is 5. The van der Waals surface area contributed by atoms with Gasteiger partial charge in [0.2, 0.25) is 5.91 Å². The molecule has 1 amide bonds. The molecule has 0 unspecified atom stereocenters. The second-order valence-corrected chi connectivity index (χ2v) is 7.81. The zero-order valence-electron chi connectivity index (χ0n) is 13.1. The van der Waals surface area contributed by atoms with Gasteiger partial charge >= 0.3 is 0 Å². The van der Waals surface area contributed by atoms with E-state index in [0.29, 0.717) is 6.54 Å². The molecule has 0 saturated heterocycles. The Morgan fingerprint density at radius 3 is 2.65 bits per heavy atom. The van der Waals surface area contributed by atoms with Crippen molar-refractivity contribution in [3.8, 4) is 10.6 Å². The predicted molar refractivity (Wildman–Crippen MR) is 96.9 cm³/mol. The van der Waals surface area contributed by atoms with Gasteiger partial charge in [0.15, 0.2) is 0 Å². The molecule has 0 aliphatic rings. The molecular weight excluding hydrogens is 324 g/mol. The molecule has 0 fully saturated rings. The fraction of sp³-hybridized carbons (Fsp3) is 0.222. The summed E-state index contributed by atoms with van der Waals surface area (Å²) in [4.78, 5) is 19.4. The van der Waals surface area contributed by atoms with E-state index in [4.69, 9.17) is 4.98 Å². The summed E-state index contributed by atoms with van der Waals surface area (Å²) in [6.45, 7) is 4.24. The van der Waals surface area contributed by atoms with Crippen LogP contribution < -0.4 is 5.32 Å². The van der Waals surface area contributed by atoms with E-state index in [9.17, 15) is 4.79 Å². The summed E-state index contributed by atoms with van der Waals surface area (Å²) in [7, 11) is 0. The Labute approximate surface area is 144 Å². The average Bonchev–Trinajstić information content (AvgIpc) is 3.13. The van der Waals surface area contributed by atoms with E-state index < -0.39 is 0 Å². The lowest BCUT2D eigenvalue weighted by Gasteiger charge is -1.97. The van der Waals surface area contributed by atoms with Crippen LogP contribution in [0.15, 0.2) is 42.5 Å². The molecule has 0 bridgehead atoms. The molecule has 0 saturated carbocycles. The Kier molecular flexibility index (Phi) is 4.88. The highest BCUT2D eigenvalue weighted by atomic mass is 32.1. The second-order valence-electron chi connectivity index (χ2n) is 5.35. The number of carbonyl (C=O) groups is 1. The van der Waals surface area contributed by atoms with Gasteiger partial charge in [0.25, 0.3) is 0 Å².